The molecule has 6 heterocycles. The van der Waals surface area contributed by atoms with Crippen molar-refractivity contribution in [1.29, 1.82) is 0 Å². The van der Waals surface area contributed by atoms with Crippen molar-refractivity contribution in [2.24, 2.45) is 0 Å². The van der Waals surface area contributed by atoms with Crippen molar-refractivity contribution in [3.63, 3.8) is 0 Å². The summed E-state index contributed by atoms with van der Waals surface area (Å²) in [7, 11) is 0. The smallest absolute Gasteiger partial charge is 0.407 e. The van der Waals surface area contributed by atoms with Crippen molar-refractivity contribution in [3.8, 4) is 17.3 Å². The lowest BCUT2D eigenvalue weighted by Crippen LogP contribution is -2.54. The minimum Gasteiger partial charge on any atom is -0.461 e. The predicted molar refractivity (Wildman–Crippen MR) is 187 cm³/mol. The number of H-pyrrole nitrogens is 1. The summed E-state index contributed by atoms with van der Waals surface area (Å²) >= 11 is 6.36. The number of carbonyl (C=O) groups excluding carboxylic acids is 1. The van der Waals surface area contributed by atoms with Crippen molar-refractivity contribution >= 4 is 45.3 Å². The number of pyridine rings is 1. The zero-order valence-corrected chi connectivity index (χ0v) is 29.2. The Hall–Kier alpha value is -3.84. The summed E-state index contributed by atoms with van der Waals surface area (Å²) in [5.74, 6) is -0.305. The molecule has 2 unspecified atom stereocenters. The number of nitrogens with zero attached hydrogens (tertiary/aromatic N) is 6. The van der Waals surface area contributed by atoms with Crippen molar-refractivity contribution in [3.05, 3.63) is 35.4 Å². The lowest BCUT2D eigenvalue weighted by Gasteiger charge is -2.36. The third kappa shape index (κ3) is 7.52. The molecule has 0 spiro atoms. The molecule has 2 N–H and O–H groups in total. The monoisotopic (exact) mass is 698 g/mol. The number of aromatic nitrogens is 5. The average molecular weight is 699 g/mol. The minimum atomic E-state index is -1.28. The van der Waals surface area contributed by atoms with Gasteiger partial charge < -0.3 is 19.7 Å². The van der Waals surface area contributed by atoms with Gasteiger partial charge in [-0.1, -0.05) is 44.7 Å². The highest BCUT2D eigenvalue weighted by atomic mass is 35.5. The summed E-state index contributed by atoms with van der Waals surface area (Å²) in [5.41, 5.74) is 1.12. The highest BCUT2D eigenvalue weighted by Gasteiger charge is 2.45. The Kier molecular flexibility index (Phi) is 11.0. The fourth-order valence-corrected chi connectivity index (χ4v) is 7.18. The number of benzene rings is 1. The Bertz CT molecular complexity index is 1760. The maximum atomic E-state index is 16.6. The number of piperidine rings is 1. The molecule has 8 rings (SSSR count). The van der Waals surface area contributed by atoms with Gasteiger partial charge in [0.15, 0.2) is 5.82 Å². The SMILES string of the molecule is C1CC1.CC.CCOC(=O)NC1CN(c2nc(OCC34CCCN3CCC4)nc3c(F)c(-c4cc(Cl)cc5[nH]ncc45)ncc23)CCC1F. The van der Waals surface area contributed by atoms with Crippen LogP contribution in [0, 0.1) is 5.82 Å². The Labute approximate surface area is 290 Å². The van der Waals surface area contributed by atoms with Gasteiger partial charge in [-0.15, -0.1) is 0 Å². The fraction of sp³-hybridized carbons (Fsp3) is 0.571. The number of alkyl halides is 1. The van der Waals surface area contributed by atoms with E-state index in [4.69, 9.17) is 26.1 Å². The zero-order chi connectivity index (χ0) is 34.5. The number of carbonyl (C=O) groups is 1. The first-order valence-corrected chi connectivity index (χ1v) is 17.9. The molecule has 1 aromatic carbocycles. The molecule has 264 valence electrons. The van der Waals surface area contributed by atoms with Gasteiger partial charge in [0.1, 0.15) is 29.8 Å². The fourth-order valence-electron chi connectivity index (χ4n) is 6.96. The Morgan fingerprint density at radius 3 is 2.55 bits per heavy atom. The third-order valence-electron chi connectivity index (χ3n) is 9.46. The average Bonchev–Trinajstić information content (AvgIpc) is 3.67. The third-order valence-corrected chi connectivity index (χ3v) is 9.68. The lowest BCUT2D eigenvalue weighted by atomic mass is 9.95. The highest BCUT2D eigenvalue weighted by molar-refractivity contribution is 6.31. The summed E-state index contributed by atoms with van der Waals surface area (Å²) in [6.07, 6.45) is 10.0. The van der Waals surface area contributed by atoms with Gasteiger partial charge >= 0.3 is 12.1 Å². The van der Waals surface area contributed by atoms with E-state index in [1.54, 1.807) is 25.3 Å². The molecular weight excluding hydrogens is 654 g/mol. The molecule has 4 fully saturated rings. The number of hydrogen-bond acceptors (Lipinski definition) is 9. The summed E-state index contributed by atoms with van der Waals surface area (Å²) < 4.78 is 42.8. The van der Waals surface area contributed by atoms with Crippen LogP contribution in [0.2, 0.25) is 5.02 Å². The van der Waals surface area contributed by atoms with E-state index in [1.807, 2.05) is 18.7 Å². The van der Waals surface area contributed by atoms with Crippen LogP contribution in [0.5, 0.6) is 6.01 Å². The number of hydrogen-bond donors (Lipinski definition) is 2. The normalized spacial score (nSPS) is 21.0. The van der Waals surface area contributed by atoms with E-state index < -0.39 is 24.1 Å². The number of ether oxygens (including phenoxy) is 2. The Morgan fingerprint density at radius 1 is 1.08 bits per heavy atom. The van der Waals surface area contributed by atoms with Crippen molar-refractivity contribution in [2.45, 2.75) is 89.9 Å². The maximum absolute atomic E-state index is 16.6. The molecule has 0 radical (unpaired) electrons. The number of anilines is 1. The highest BCUT2D eigenvalue weighted by Crippen LogP contribution is 2.40. The molecule has 1 amide bonds. The van der Waals surface area contributed by atoms with E-state index in [1.165, 1.54) is 25.5 Å². The molecule has 1 saturated carbocycles. The number of alkyl carbamates (subject to hydrolysis) is 1. The molecule has 3 saturated heterocycles. The first kappa shape index (κ1) is 35.0. The number of aromatic amines is 1. The number of nitrogens with one attached hydrogen (secondary N) is 2. The van der Waals surface area contributed by atoms with Crippen molar-refractivity contribution in [2.75, 3.05) is 44.3 Å². The second-order valence-electron chi connectivity index (χ2n) is 12.8. The minimum absolute atomic E-state index is 0.0242. The molecule has 4 aliphatic rings. The second-order valence-corrected chi connectivity index (χ2v) is 13.2. The topological polar surface area (TPSA) is 121 Å². The van der Waals surface area contributed by atoms with Gasteiger partial charge in [-0.25, -0.2) is 13.6 Å². The molecule has 2 atom stereocenters. The van der Waals surface area contributed by atoms with Crippen LogP contribution in [0.15, 0.2) is 24.5 Å². The van der Waals surface area contributed by atoms with Crippen molar-refractivity contribution in [1.82, 2.24) is 35.4 Å². The number of amides is 1. The van der Waals surface area contributed by atoms with E-state index >= 15 is 4.39 Å². The largest absolute Gasteiger partial charge is 0.461 e. The second kappa shape index (κ2) is 15.4. The van der Waals surface area contributed by atoms with Crippen LogP contribution in [0.25, 0.3) is 33.1 Å². The predicted octanol–water partition coefficient (Wildman–Crippen LogP) is 7.23. The molecule has 3 aliphatic heterocycles. The first-order chi connectivity index (χ1) is 23.8. The number of fused-ring (bicyclic) bond motifs is 3. The summed E-state index contributed by atoms with van der Waals surface area (Å²) in [4.78, 5) is 30.2. The van der Waals surface area contributed by atoms with Gasteiger partial charge in [-0.3, -0.25) is 15.0 Å². The van der Waals surface area contributed by atoms with Gasteiger partial charge in [0.05, 0.1) is 35.3 Å². The van der Waals surface area contributed by atoms with E-state index in [2.05, 4.69) is 30.4 Å². The maximum Gasteiger partial charge on any atom is 0.407 e. The van der Waals surface area contributed by atoms with Crippen LogP contribution < -0.4 is 15.0 Å². The molecule has 0 bridgehead atoms. The number of halogens is 3. The molecule has 4 aromatic rings. The quantitative estimate of drug-likeness (QED) is 0.206. The summed E-state index contributed by atoms with van der Waals surface area (Å²) in [6, 6.07) is 2.54. The summed E-state index contributed by atoms with van der Waals surface area (Å²) in [5, 5.41) is 11.0. The number of rotatable bonds is 7. The van der Waals surface area contributed by atoms with E-state index in [-0.39, 0.29) is 42.3 Å². The molecule has 1 aliphatic carbocycles. The van der Waals surface area contributed by atoms with E-state index in [9.17, 15) is 9.18 Å². The standard InChI is InChI=1S/C30H33ClF2N8O3.C3H6.C2H6/c1-2-43-29(42)36-23-15-40(10-5-21(23)32)27-20-13-34-25(18-11-17(31)12-22-19(18)14-35-39-22)24(33)26(20)37-28(38-27)44-16-30-6-3-8-41(30)9-4-7-30;1-2-3-1;1-2/h11-14,21,23H,2-10,15-16H2,1H3,(H,35,39)(H,36,42);1-3H2;1-2H3. The van der Waals surface area contributed by atoms with E-state index in [0.717, 1.165) is 38.8 Å². The van der Waals surface area contributed by atoms with Gasteiger partial charge in [-0.2, -0.15) is 15.1 Å². The molecule has 14 heteroatoms. The van der Waals surface area contributed by atoms with Crippen LogP contribution >= 0.6 is 11.6 Å². The molecule has 3 aromatic heterocycles. The first-order valence-electron chi connectivity index (χ1n) is 17.5. The van der Waals surface area contributed by atoms with E-state index in [0.29, 0.717) is 45.8 Å². The van der Waals surface area contributed by atoms with Crippen LogP contribution in [-0.2, 0) is 4.74 Å². The zero-order valence-electron chi connectivity index (χ0n) is 28.4. The summed E-state index contributed by atoms with van der Waals surface area (Å²) in [6.45, 7) is 8.69. The van der Waals surface area contributed by atoms with Crippen LogP contribution in [0.3, 0.4) is 0 Å². The lowest BCUT2D eigenvalue weighted by molar-refractivity contribution is 0.107. The molecule has 49 heavy (non-hydrogen) atoms. The van der Waals surface area contributed by atoms with Crippen LogP contribution in [0.4, 0.5) is 19.4 Å². The van der Waals surface area contributed by atoms with Gasteiger partial charge in [0.2, 0.25) is 0 Å². The van der Waals surface area contributed by atoms with Gasteiger partial charge in [0, 0.05) is 35.3 Å². The Morgan fingerprint density at radius 2 is 1.84 bits per heavy atom. The van der Waals surface area contributed by atoms with Crippen molar-refractivity contribution < 1.29 is 23.0 Å². The van der Waals surface area contributed by atoms with Gasteiger partial charge in [-0.05, 0) is 64.3 Å². The Balaban J connectivity index is 0.000000778. The van der Waals surface area contributed by atoms with Gasteiger partial charge in [0.25, 0.3) is 0 Å². The molecular formula is C35H45ClF2N8O3. The van der Waals surface area contributed by atoms with Crippen LogP contribution in [-0.4, -0.2) is 93.3 Å². The van der Waals surface area contributed by atoms with Crippen LogP contribution in [0.1, 0.15) is 72.1 Å². The molecule has 11 nitrogen and oxygen atoms in total.